The Morgan fingerprint density at radius 1 is 1.07 bits per heavy atom. The standard InChI is InChI=1S/C22H27F2NO2/c1-15(16-5-8-21(27)9-6-16)11-25-12-18(19(13-25)14-26)3-2-17-4-7-20(23)10-22(17)24/h4-10,15,18-19,26-27H,2-3,11-14H2,1H3/t15?,18-,19-/m1/s1. The molecule has 1 unspecified atom stereocenters. The Hall–Kier alpha value is -1.98. The zero-order valence-electron chi connectivity index (χ0n) is 15.6. The first-order valence-corrected chi connectivity index (χ1v) is 9.52. The van der Waals surface area contributed by atoms with Crippen LogP contribution in [0.15, 0.2) is 42.5 Å². The van der Waals surface area contributed by atoms with Crippen molar-refractivity contribution in [1.29, 1.82) is 0 Å². The van der Waals surface area contributed by atoms with Crippen LogP contribution in [0.3, 0.4) is 0 Å². The predicted molar refractivity (Wildman–Crippen MR) is 102 cm³/mol. The average molecular weight is 375 g/mol. The number of aryl methyl sites for hydroxylation is 1. The van der Waals surface area contributed by atoms with Crippen molar-refractivity contribution in [1.82, 2.24) is 4.90 Å². The number of aromatic hydroxyl groups is 1. The summed E-state index contributed by atoms with van der Waals surface area (Å²) in [6.07, 6.45) is 1.33. The van der Waals surface area contributed by atoms with Crippen LogP contribution in [-0.4, -0.2) is 41.4 Å². The minimum atomic E-state index is -0.556. The summed E-state index contributed by atoms with van der Waals surface area (Å²) in [5.74, 6) is 0.0110. The van der Waals surface area contributed by atoms with Crippen LogP contribution >= 0.6 is 0 Å². The van der Waals surface area contributed by atoms with Crippen molar-refractivity contribution in [2.45, 2.75) is 25.7 Å². The fourth-order valence-corrected chi connectivity index (χ4v) is 4.08. The van der Waals surface area contributed by atoms with E-state index in [4.69, 9.17) is 0 Å². The van der Waals surface area contributed by atoms with E-state index in [-0.39, 0.29) is 18.3 Å². The van der Waals surface area contributed by atoms with Gasteiger partial charge < -0.3 is 15.1 Å². The third kappa shape index (κ3) is 5.05. The van der Waals surface area contributed by atoms with E-state index in [0.717, 1.165) is 32.1 Å². The fourth-order valence-electron chi connectivity index (χ4n) is 4.08. The molecule has 0 radical (unpaired) electrons. The van der Waals surface area contributed by atoms with Gasteiger partial charge in [-0.1, -0.05) is 25.1 Å². The summed E-state index contributed by atoms with van der Waals surface area (Å²) in [6.45, 7) is 4.86. The fraction of sp³-hybridized carbons (Fsp3) is 0.455. The lowest BCUT2D eigenvalue weighted by molar-refractivity contribution is 0.196. The smallest absolute Gasteiger partial charge is 0.129 e. The molecule has 3 rings (SSSR count). The summed E-state index contributed by atoms with van der Waals surface area (Å²) in [5, 5.41) is 19.2. The third-order valence-electron chi connectivity index (χ3n) is 5.68. The van der Waals surface area contributed by atoms with Gasteiger partial charge in [-0.25, -0.2) is 8.78 Å². The molecule has 27 heavy (non-hydrogen) atoms. The van der Waals surface area contributed by atoms with E-state index in [1.54, 1.807) is 12.1 Å². The lowest BCUT2D eigenvalue weighted by Crippen LogP contribution is -2.26. The van der Waals surface area contributed by atoms with Gasteiger partial charge in [0.1, 0.15) is 17.4 Å². The number of phenolic OH excluding ortho intramolecular Hbond substituents is 1. The van der Waals surface area contributed by atoms with Crippen LogP contribution in [0.5, 0.6) is 5.75 Å². The highest BCUT2D eigenvalue weighted by atomic mass is 19.1. The zero-order chi connectivity index (χ0) is 19.4. The highest BCUT2D eigenvalue weighted by Gasteiger charge is 2.32. The maximum Gasteiger partial charge on any atom is 0.129 e. The monoisotopic (exact) mass is 375 g/mol. The van der Waals surface area contributed by atoms with Crippen molar-refractivity contribution in [3.63, 3.8) is 0 Å². The lowest BCUT2D eigenvalue weighted by Gasteiger charge is -2.21. The molecule has 0 aliphatic carbocycles. The molecule has 0 aromatic heterocycles. The highest BCUT2D eigenvalue weighted by Crippen LogP contribution is 2.30. The minimum absolute atomic E-state index is 0.126. The number of rotatable bonds is 7. The summed E-state index contributed by atoms with van der Waals surface area (Å²) < 4.78 is 26.9. The number of hydrogen-bond acceptors (Lipinski definition) is 3. The van der Waals surface area contributed by atoms with E-state index in [0.29, 0.717) is 23.8 Å². The van der Waals surface area contributed by atoms with Crippen molar-refractivity contribution in [2.75, 3.05) is 26.2 Å². The van der Waals surface area contributed by atoms with Crippen molar-refractivity contribution < 1.29 is 19.0 Å². The number of aliphatic hydroxyl groups is 1. The summed E-state index contributed by atoms with van der Waals surface area (Å²) in [7, 11) is 0. The summed E-state index contributed by atoms with van der Waals surface area (Å²) in [6, 6.07) is 11.0. The molecule has 0 amide bonds. The van der Waals surface area contributed by atoms with Gasteiger partial charge in [0.25, 0.3) is 0 Å². The second kappa shape index (κ2) is 8.81. The molecule has 3 atom stereocenters. The molecule has 5 heteroatoms. The van der Waals surface area contributed by atoms with Crippen LogP contribution in [0.4, 0.5) is 8.78 Å². The van der Waals surface area contributed by atoms with Crippen molar-refractivity contribution in [3.8, 4) is 5.75 Å². The molecule has 0 spiro atoms. The minimum Gasteiger partial charge on any atom is -0.508 e. The van der Waals surface area contributed by atoms with E-state index in [9.17, 15) is 19.0 Å². The normalized spacial score (nSPS) is 21.5. The molecular formula is C22H27F2NO2. The van der Waals surface area contributed by atoms with E-state index in [2.05, 4.69) is 11.8 Å². The summed E-state index contributed by atoms with van der Waals surface area (Å²) in [4.78, 5) is 2.35. The Kier molecular flexibility index (Phi) is 6.45. The van der Waals surface area contributed by atoms with Gasteiger partial charge in [0.05, 0.1) is 0 Å². The molecule has 1 aliphatic heterocycles. The Morgan fingerprint density at radius 3 is 2.44 bits per heavy atom. The first-order chi connectivity index (χ1) is 13.0. The van der Waals surface area contributed by atoms with Gasteiger partial charge in [0.2, 0.25) is 0 Å². The topological polar surface area (TPSA) is 43.7 Å². The molecule has 1 aliphatic rings. The van der Waals surface area contributed by atoms with Gasteiger partial charge in [0.15, 0.2) is 0 Å². The molecule has 1 fully saturated rings. The third-order valence-corrected chi connectivity index (χ3v) is 5.68. The van der Waals surface area contributed by atoms with Crippen LogP contribution in [0.25, 0.3) is 0 Å². The predicted octanol–water partition coefficient (Wildman–Crippen LogP) is 3.95. The quantitative estimate of drug-likeness (QED) is 0.770. The molecule has 1 heterocycles. The number of benzene rings is 2. The van der Waals surface area contributed by atoms with E-state index in [1.807, 2.05) is 12.1 Å². The van der Waals surface area contributed by atoms with E-state index in [1.165, 1.54) is 17.7 Å². The van der Waals surface area contributed by atoms with Gasteiger partial charge in [-0.3, -0.25) is 0 Å². The number of halogens is 2. The number of aliphatic hydroxyl groups excluding tert-OH is 1. The maximum atomic E-state index is 13.9. The summed E-state index contributed by atoms with van der Waals surface area (Å²) in [5.41, 5.74) is 1.70. The Labute approximate surface area is 159 Å². The van der Waals surface area contributed by atoms with Crippen molar-refractivity contribution >= 4 is 0 Å². The van der Waals surface area contributed by atoms with Gasteiger partial charge in [-0.05, 0) is 59.9 Å². The second-order valence-electron chi connectivity index (χ2n) is 7.69. The van der Waals surface area contributed by atoms with E-state index < -0.39 is 11.6 Å². The molecule has 0 saturated carbocycles. The van der Waals surface area contributed by atoms with Crippen LogP contribution in [0, 0.1) is 23.5 Å². The molecular weight excluding hydrogens is 348 g/mol. The molecule has 2 N–H and O–H groups in total. The first kappa shape index (κ1) is 19.8. The Morgan fingerprint density at radius 2 is 1.78 bits per heavy atom. The van der Waals surface area contributed by atoms with Crippen LogP contribution in [0.1, 0.15) is 30.4 Å². The first-order valence-electron chi connectivity index (χ1n) is 9.52. The van der Waals surface area contributed by atoms with Gasteiger partial charge >= 0.3 is 0 Å². The SMILES string of the molecule is CC(CN1C[C@@H](CCc2ccc(F)cc2F)[C@@H](CO)C1)c1ccc(O)cc1. The highest BCUT2D eigenvalue weighted by molar-refractivity contribution is 5.28. The van der Waals surface area contributed by atoms with E-state index >= 15 is 0 Å². The Bertz CT molecular complexity index is 750. The van der Waals surface area contributed by atoms with Gasteiger partial charge in [0, 0.05) is 32.3 Å². The average Bonchev–Trinajstić information content (AvgIpc) is 3.03. The zero-order valence-corrected chi connectivity index (χ0v) is 15.6. The molecule has 2 aromatic carbocycles. The van der Waals surface area contributed by atoms with Gasteiger partial charge in [-0.15, -0.1) is 0 Å². The molecule has 0 bridgehead atoms. The number of nitrogens with zero attached hydrogens (tertiary/aromatic N) is 1. The number of hydrogen-bond donors (Lipinski definition) is 2. The molecule has 146 valence electrons. The molecule has 1 saturated heterocycles. The number of likely N-dealkylation sites (tertiary alicyclic amines) is 1. The Balaban J connectivity index is 1.57. The van der Waals surface area contributed by atoms with Crippen molar-refractivity contribution in [2.24, 2.45) is 11.8 Å². The largest absolute Gasteiger partial charge is 0.508 e. The maximum absolute atomic E-state index is 13.9. The molecule has 3 nitrogen and oxygen atoms in total. The van der Waals surface area contributed by atoms with Crippen LogP contribution in [-0.2, 0) is 6.42 Å². The van der Waals surface area contributed by atoms with Crippen molar-refractivity contribution in [3.05, 3.63) is 65.2 Å². The second-order valence-corrected chi connectivity index (χ2v) is 7.69. The summed E-state index contributed by atoms with van der Waals surface area (Å²) >= 11 is 0. The van der Waals surface area contributed by atoms with Crippen LogP contribution < -0.4 is 0 Å². The molecule has 2 aromatic rings. The van der Waals surface area contributed by atoms with Gasteiger partial charge in [-0.2, -0.15) is 0 Å². The number of phenols is 1. The lowest BCUT2D eigenvalue weighted by atomic mass is 9.90. The van der Waals surface area contributed by atoms with Crippen LogP contribution in [0.2, 0.25) is 0 Å².